The molecule has 17 nitrogen and oxygen atoms in total. The van der Waals surface area contributed by atoms with Crippen LogP contribution in [-0.2, 0) is 35.9 Å². The largest absolute Gasteiger partial charge is 0.479 e. The molecule has 0 aliphatic rings. The number of nitrogens with one attached hydrogen (secondary N) is 2. The van der Waals surface area contributed by atoms with Gasteiger partial charge in [-0.3, -0.25) is 20.2 Å². The van der Waals surface area contributed by atoms with Crippen LogP contribution < -0.4 is 20.9 Å². The van der Waals surface area contributed by atoms with Gasteiger partial charge in [0.1, 0.15) is 11.6 Å². The van der Waals surface area contributed by atoms with Crippen molar-refractivity contribution < 1.29 is 50.5 Å². The van der Waals surface area contributed by atoms with Crippen molar-refractivity contribution in [3.05, 3.63) is 115 Å². The average molecular weight is 735 g/mol. The van der Waals surface area contributed by atoms with Crippen molar-refractivity contribution in [2.24, 2.45) is 11.5 Å². The van der Waals surface area contributed by atoms with E-state index in [9.17, 15) is 50.6 Å². The van der Waals surface area contributed by atoms with Crippen LogP contribution in [0.1, 0.15) is 36.6 Å². The van der Waals surface area contributed by atoms with Crippen LogP contribution in [0.4, 0.5) is 20.2 Å². The summed E-state index contributed by atoms with van der Waals surface area (Å²) in [5.74, 6) is -3.98. The number of carboxylic acid groups (broad SMARTS) is 1. The van der Waals surface area contributed by atoms with E-state index in [1.54, 1.807) is 30.3 Å². The Morgan fingerprint density at radius 2 is 1.14 bits per heavy atom. The molecule has 0 unspecified atom stereocenters. The Labute approximate surface area is 280 Å². The summed E-state index contributed by atoms with van der Waals surface area (Å²) in [5, 5.41) is 38.7. The number of carboxylic acids is 1. The zero-order valence-electron chi connectivity index (χ0n) is 26.5. The Morgan fingerprint density at radius 1 is 0.796 bits per heavy atom. The number of aliphatic hydroxyl groups is 1. The second kappa shape index (κ2) is 17.2. The molecule has 0 aliphatic carbocycles. The molecule has 8 N–H and O–H groups in total. The number of benzene rings is 3. The summed E-state index contributed by atoms with van der Waals surface area (Å²) in [4.78, 5) is 30.1. The maximum atomic E-state index is 13.7. The zero-order chi connectivity index (χ0) is 38.0. The van der Waals surface area contributed by atoms with Crippen LogP contribution in [0.25, 0.3) is 0 Å². The van der Waals surface area contributed by atoms with Crippen LogP contribution in [0.15, 0.2) is 66.7 Å². The first kappa shape index (κ1) is 42.5. The van der Waals surface area contributed by atoms with E-state index in [1.807, 2.05) is 0 Å². The summed E-state index contributed by atoms with van der Waals surface area (Å²) in [5.41, 5.74) is 7.66. The number of non-ortho nitro benzene ring substituents is 2. The Hall–Kier alpha value is -4.51. The fourth-order valence-electron chi connectivity index (χ4n) is 4.00. The first-order chi connectivity index (χ1) is 22.4. The number of aliphatic carboxylic acids is 1. The molecule has 270 valence electrons. The molecule has 0 spiro atoms. The number of hydrogen-bond donors (Lipinski definition) is 6. The van der Waals surface area contributed by atoms with Gasteiger partial charge in [0, 0.05) is 35.4 Å². The van der Waals surface area contributed by atoms with Gasteiger partial charge in [-0.2, -0.15) is 0 Å². The molecule has 0 amide bonds. The highest BCUT2D eigenvalue weighted by Gasteiger charge is 2.33. The van der Waals surface area contributed by atoms with E-state index in [0.29, 0.717) is 5.56 Å². The Kier molecular flexibility index (Phi) is 15.0. The molecule has 3 aromatic carbocycles. The molecular formula is C28H36F2N6O11S2. The SMILES string of the molecule is CNS(=O)(=O)C[C@](C)(N)c1cc([N+](=O)[O-])ccc1F.CNS(=O)(=O)C[C@](C)(N)c1cc([N+](=O)[O-])ccc1F.O=C(O)[C@H](O)c1ccccc1. The third kappa shape index (κ3) is 13.1. The number of rotatable bonds is 12. The Morgan fingerprint density at radius 3 is 1.43 bits per heavy atom. The van der Waals surface area contributed by atoms with Gasteiger partial charge >= 0.3 is 5.97 Å². The number of aliphatic hydroxyl groups excluding tert-OH is 1. The van der Waals surface area contributed by atoms with Crippen LogP contribution in [0.3, 0.4) is 0 Å². The van der Waals surface area contributed by atoms with E-state index in [4.69, 9.17) is 21.7 Å². The molecule has 0 saturated heterocycles. The lowest BCUT2D eigenvalue weighted by molar-refractivity contribution is -0.385. The maximum absolute atomic E-state index is 13.7. The maximum Gasteiger partial charge on any atom is 0.337 e. The van der Waals surface area contributed by atoms with Gasteiger partial charge in [-0.05, 0) is 45.6 Å². The first-order valence-electron chi connectivity index (χ1n) is 13.6. The average Bonchev–Trinajstić information content (AvgIpc) is 3.00. The third-order valence-electron chi connectivity index (χ3n) is 6.50. The fourth-order valence-corrected chi connectivity index (χ4v) is 6.17. The number of carbonyl (C=O) groups is 1. The van der Waals surface area contributed by atoms with Gasteiger partial charge in [-0.25, -0.2) is 39.9 Å². The number of nitro benzene ring substituents is 2. The lowest BCUT2D eigenvalue weighted by Gasteiger charge is -2.25. The van der Waals surface area contributed by atoms with E-state index in [-0.39, 0.29) is 22.5 Å². The topological polar surface area (TPSA) is 288 Å². The standard InChI is InChI=1S/2C10H14FN3O4S.C8H8O3/c2*1-10(12,6-19(17,18)13-2)8-5-7(14(15)16)3-4-9(8)11;9-7(8(10)11)6-4-2-1-3-5-6/h2*3-5,13H,6,12H2,1-2H3;1-5,7,9H,(H,10,11)/t2*10-;7-/m001/s1. The van der Waals surface area contributed by atoms with Gasteiger partial charge in [-0.1, -0.05) is 30.3 Å². The van der Waals surface area contributed by atoms with Crippen LogP contribution >= 0.6 is 0 Å². The number of sulfonamides is 2. The lowest BCUT2D eigenvalue weighted by Crippen LogP contribution is -2.44. The van der Waals surface area contributed by atoms with Crippen molar-refractivity contribution in [2.75, 3.05) is 25.6 Å². The molecule has 0 bridgehead atoms. The van der Waals surface area contributed by atoms with Crippen LogP contribution in [0, 0.1) is 31.9 Å². The van der Waals surface area contributed by atoms with E-state index in [2.05, 4.69) is 9.44 Å². The van der Waals surface area contributed by atoms with Crippen molar-refractivity contribution in [3.8, 4) is 0 Å². The summed E-state index contributed by atoms with van der Waals surface area (Å²) >= 11 is 0. The number of nitrogens with zero attached hydrogens (tertiary/aromatic N) is 2. The summed E-state index contributed by atoms with van der Waals surface area (Å²) in [6.07, 6.45) is -1.41. The van der Waals surface area contributed by atoms with Gasteiger partial charge in [0.15, 0.2) is 6.10 Å². The molecule has 0 radical (unpaired) electrons. The second-order valence-corrected chi connectivity index (χ2v) is 14.6. The van der Waals surface area contributed by atoms with Gasteiger partial charge in [0.2, 0.25) is 20.0 Å². The number of halogens is 2. The van der Waals surface area contributed by atoms with Gasteiger partial charge < -0.3 is 21.7 Å². The number of hydrogen-bond acceptors (Lipinski definition) is 12. The van der Waals surface area contributed by atoms with Crippen molar-refractivity contribution in [1.82, 2.24) is 9.44 Å². The molecule has 3 aromatic rings. The van der Waals surface area contributed by atoms with Crippen molar-refractivity contribution in [3.63, 3.8) is 0 Å². The molecule has 0 heterocycles. The van der Waals surface area contributed by atoms with Crippen molar-refractivity contribution >= 4 is 37.4 Å². The zero-order valence-corrected chi connectivity index (χ0v) is 28.2. The Balaban J connectivity index is 0.000000381. The minimum Gasteiger partial charge on any atom is -0.479 e. The minimum absolute atomic E-state index is 0.222. The minimum atomic E-state index is -3.69. The Bertz CT molecular complexity index is 1750. The highest BCUT2D eigenvalue weighted by atomic mass is 32.2. The second-order valence-electron chi connectivity index (χ2n) is 10.8. The predicted molar refractivity (Wildman–Crippen MR) is 174 cm³/mol. The summed E-state index contributed by atoms with van der Waals surface area (Å²) in [6, 6.07) is 13.9. The highest BCUT2D eigenvalue weighted by Crippen LogP contribution is 2.28. The van der Waals surface area contributed by atoms with E-state index in [0.717, 1.165) is 36.4 Å². The fraction of sp³-hybridized carbons (Fsp3) is 0.321. The van der Waals surface area contributed by atoms with E-state index < -0.39 is 76.2 Å². The summed E-state index contributed by atoms with van der Waals surface area (Å²) < 4.78 is 77.4. The summed E-state index contributed by atoms with van der Waals surface area (Å²) in [6.45, 7) is 2.59. The molecule has 3 atom stereocenters. The quantitative estimate of drug-likeness (QED) is 0.114. The van der Waals surface area contributed by atoms with Crippen molar-refractivity contribution in [1.29, 1.82) is 0 Å². The molecule has 3 rings (SSSR count). The molecule has 0 aromatic heterocycles. The molecular weight excluding hydrogens is 698 g/mol. The van der Waals surface area contributed by atoms with E-state index in [1.165, 1.54) is 27.9 Å². The van der Waals surface area contributed by atoms with Crippen molar-refractivity contribution in [2.45, 2.75) is 31.0 Å². The number of nitrogens with two attached hydrogens (primary N) is 2. The third-order valence-corrected chi connectivity index (χ3v) is 9.71. The van der Waals surface area contributed by atoms with Crippen LogP contribution in [-0.4, -0.2) is 68.5 Å². The van der Waals surface area contributed by atoms with Gasteiger partial charge in [0.25, 0.3) is 11.4 Å². The lowest BCUT2D eigenvalue weighted by atomic mass is 9.94. The number of nitro groups is 2. The van der Waals surface area contributed by atoms with Crippen LogP contribution in [0.2, 0.25) is 0 Å². The molecule has 21 heteroatoms. The van der Waals surface area contributed by atoms with Crippen LogP contribution in [0.5, 0.6) is 0 Å². The molecule has 49 heavy (non-hydrogen) atoms. The molecule has 0 saturated carbocycles. The highest BCUT2D eigenvalue weighted by molar-refractivity contribution is 7.89. The monoisotopic (exact) mass is 734 g/mol. The molecule has 0 fully saturated rings. The predicted octanol–water partition coefficient (Wildman–Crippen LogP) is 1.72. The van der Waals surface area contributed by atoms with E-state index >= 15 is 0 Å². The van der Waals surface area contributed by atoms with Gasteiger partial charge in [0.05, 0.1) is 32.4 Å². The normalized spacial score (nSPS) is 14.4. The summed E-state index contributed by atoms with van der Waals surface area (Å²) in [7, 11) is -4.97. The van der Waals surface area contributed by atoms with Gasteiger partial charge in [-0.15, -0.1) is 0 Å². The first-order valence-corrected chi connectivity index (χ1v) is 16.9. The smallest absolute Gasteiger partial charge is 0.337 e. The molecule has 0 aliphatic heterocycles.